The number of carbonyl (C=O) groups is 1. The molecule has 0 atom stereocenters. The van der Waals surface area contributed by atoms with Gasteiger partial charge in [-0.15, -0.1) is 0 Å². The van der Waals surface area contributed by atoms with Gasteiger partial charge < -0.3 is 15.0 Å². The molecule has 0 aliphatic heterocycles. The maximum atomic E-state index is 13.6. The van der Waals surface area contributed by atoms with Crippen LogP contribution in [0.4, 0.5) is 15.2 Å². The average molecular weight is 386 g/mol. The molecule has 27 heavy (non-hydrogen) atoms. The number of nitrogens with zero attached hydrogens (tertiary/aromatic N) is 3. The lowest BCUT2D eigenvalue weighted by atomic mass is 10.1. The number of ether oxygens (including phenoxy) is 1. The van der Waals surface area contributed by atoms with Crippen molar-refractivity contribution < 1.29 is 13.9 Å². The molecule has 6 nitrogen and oxygen atoms in total. The van der Waals surface area contributed by atoms with Crippen molar-refractivity contribution in [2.45, 2.75) is 6.42 Å². The third-order valence-corrected chi connectivity index (χ3v) is 4.68. The Morgan fingerprint density at radius 2 is 2.07 bits per heavy atom. The number of anilines is 2. The third kappa shape index (κ3) is 5.01. The van der Waals surface area contributed by atoms with E-state index in [1.165, 1.54) is 23.7 Å². The van der Waals surface area contributed by atoms with Gasteiger partial charge in [-0.2, -0.15) is 4.37 Å². The van der Waals surface area contributed by atoms with Gasteiger partial charge in [0, 0.05) is 25.0 Å². The molecule has 8 heteroatoms. The highest BCUT2D eigenvalue weighted by atomic mass is 32.1. The fourth-order valence-electron chi connectivity index (χ4n) is 2.47. The molecule has 0 unspecified atom stereocenters. The minimum Gasteiger partial charge on any atom is -0.497 e. The van der Waals surface area contributed by atoms with Gasteiger partial charge in [-0.1, -0.05) is 24.3 Å². The third-order valence-electron chi connectivity index (χ3n) is 3.81. The van der Waals surface area contributed by atoms with Crippen molar-refractivity contribution in [3.05, 3.63) is 65.7 Å². The standard InChI is InChI=1S/C19H19FN4O2S/c1-24(12-18(25)21-16-9-4-3-8-15(16)20)19-22-17(23-27-19)11-13-6-5-7-14(10-13)26-2/h3-10H,11-12H2,1-2H3,(H,21,25). The molecule has 0 radical (unpaired) electrons. The molecule has 2 aromatic carbocycles. The lowest BCUT2D eigenvalue weighted by Crippen LogP contribution is -2.30. The van der Waals surface area contributed by atoms with Crippen LogP contribution in [-0.2, 0) is 11.2 Å². The lowest BCUT2D eigenvalue weighted by molar-refractivity contribution is -0.114. The fourth-order valence-corrected chi connectivity index (χ4v) is 3.11. The van der Waals surface area contributed by atoms with Crippen molar-refractivity contribution in [3.8, 4) is 5.75 Å². The largest absolute Gasteiger partial charge is 0.497 e. The predicted octanol–water partition coefficient (Wildman–Crippen LogP) is 3.35. The summed E-state index contributed by atoms with van der Waals surface area (Å²) in [4.78, 5) is 18.3. The Balaban J connectivity index is 1.60. The van der Waals surface area contributed by atoms with E-state index in [0.717, 1.165) is 11.3 Å². The number of aromatic nitrogens is 2. The molecule has 3 aromatic rings. The highest BCUT2D eigenvalue weighted by Crippen LogP contribution is 2.20. The van der Waals surface area contributed by atoms with E-state index in [-0.39, 0.29) is 18.1 Å². The van der Waals surface area contributed by atoms with E-state index in [2.05, 4.69) is 14.7 Å². The summed E-state index contributed by atoms with van der Waals surface area (Å²) in [6.07, 6.45) is 0.572. The number of hydrogen-bond donors (Lipinski definition) is 1. The van der Waals surface area contributed by atoms with Crippen molar-refractivity contribution >= 4 is 28.3 Å². The van der Waals surface area contributed by atoms with Crippen molar-refractivity contribution in [1.29, 1.82) is 0 Å². The van der Waals surface area contributed by atoms with E-state index in [9.17, 15) is 9.18 Å². The first-order valence-corrected chi connectivity index (χ1v) is 9.03. The molecule has 0 aliphatic carbocycles. The molecule has 0 fully saturated rings. The van der Waals surface area contributed by atoms with Crippen molar-refractivity contribution in [2.75, 3.05) is 30.9 Å². The number of benzene rings is 2. The van der Waals surface area contributed by atoms with Crippen LogP contribution < -0.4 is 15.0 Å². The first-order valence-electron chi connectivity index (χ1n) is 8.26. The maximum Gasteiger partial charge on any atom is 0.244 e. The number of likely N-dealkylation sites (N-methyl/N-ethyl adjacent to an activating group) is 1. The summed E-state index contributed by atoms with van der Waals surface area (Å²) < 4.78 is 23.2. The number of methoxy groups -OCH3 is 1. The Kier molecular flexibility index (Phi) is 5.97. The quantitative estimate of drug-likeness (QED) is 0.674. The predicted molar refractivity (Wildman–Crippen MR) is 104 cm³/mol. The Morgan fingerprint density at radius 1 is 1.26 bits per heavy atom. The van der Waals surface area contributed by atoms with Crippen LogP contribution in [0.1, 0.15) is 11.4 Å². The van der Waals surface area contributed by atoms with Gasteiger partial charge >= 0.3 is 0 Å². The SMILES string of the molecule is COc1cccc(Cc2nsc(N(C)CC(=O)Nc3ccccc3F)n2)c1. The monoisotopic (exact) mass is 386 g/mol. The summed E-state index contributed by atoms with van der Waals surface area (Å²) in [5.41, 5.74) is 1.20. The summed E-state index contributed by atoms with van der Waals surface area (Å²) in [5.74, 6) is 0.659. The minimum absolute atomic E-state index is 0.0438. The minimum atomic E-state index is -0.468. The van der Waals surface area contributed by atoms with Crippen LogP contribution in [0.15, 0.2) is 48.5 Å². The summed E-state index contributed by atoms with van der Waals surface area (Å²) in [5, 5.41) is 3.18. The zero-order valence-electron chi connectivity index (χ0n) is 15.0. The summed E-state index contributed by atoms with van der Waals surface area (Å²) >= 11 is 1.22. The molecule has 0 aliphatic rings. The topological polar surface area (TPSA) is 67.3 Å². The van der Waals surface area contributed by atoms with E-state index in [4.69, 9.17) is 4.74 Å². The molecular formula is C19H19FN4O2S. The normalized spacial score (nSPS) is 10.5. The Bertz CT molecular complexity index is 931. The van der Waals surface area contributed by atoms with Crippen LogP contribution in [0.3, 0.4) is 0 Å². The van der Waals surface area contributed by atoms with E-state index in [1.54, 1.807) is 31.2 Å². The number of rotatable bonds is 7. The zero-order chi connectivity index (χ0) is 19.2. The first kappa shape index (κ1) is 18.8. The van der Waals surface area contributed by atoms with Gasteiger partial charge in [0.2, 0.25) is 11.0 Å². The molecule has 0 saturated carbocycles. The number of amides is 1. The second-order valence-electron chi connectivity index (χ2n) is 5.91. The van der Waals surface area contributed by atoms with Crippen LogP contribution in [0, 0.1) is 5.82 Å². The van der Waals surface area contributed by atoms with Gasteiger partial charge in [-0.25, -0.2) is 9.37 Å². The van der Waals surface area contributed by atoms with Gasteiger partial charge in [0.25, 0.3) is 0 Å². The Morgan fingerprint density at radius 3 is 2.85 bits per heavy atom. The second kappa shape index (κ2) is 8.59. The van der Waals surface area contributed by atoms with Crippen LogP contribution in [0.25, 0.3) is 0 Å². The van der Waals surface area contributed by atoms with Crippen molar-refractivity contribution in [2.24, 2.45) is 0 Å². The maximum absolute atomic E-state index is 13.6. The molecule has 1 N–H and O–H groups in total. The molecule has 3 rings (SSSR count). The average Bonchev–Trinajstić information content (AvgIpc) is 3.12. The highest BCUT2D eigenvalue weighted by Gasteiger charge is 2.14. The first-order chi connectivity index (χ1) is 13.0. The number of para-hydroxylation sites is 1. The molecule has 1 aromatic heterocycles. The van der Waals surface area contributed by atoms with E-state index < -0.39 is 5.82 Å². The van der Waals surface area contributed by atoms with E-state index in [1.807, 2.05) is 24.3 Å². The van der Waals surface area contributed by atoms with Gasteiger partial charge in [0.1, 0.15) is 17.4 Å². The highest BCUT2D eigenvalue weighted by molar-refractivity contribution is 7.09. The Labute approximate surface area is 160 Å². The molecule has 0 spiro atoms. The van der Waals surface area contributed by atoms with Crippen LogP contribution in [-0.4, -0.2) is 36.0 Å². The second-order valence-corrected chi connectivity index (χ2v) is 6.64. The van der Waals surface area contributed by atoms with Crippen LogP contribution in [0.5, 0.6) is 5.75 Å². The molecule has 0 bridgehead atoms. The lowest BCUT2D eigenvalue weighted by Gasteiger charge is -2.14. The van der Waals surface area contributed by atoms with Gasteiger partial charge in [-0.3, -0.25) is 4.79 Å². The zero-order valence-corrected chi connectivity index (χ0v) is 15.8. The van der Waals surface area contributed by atoms with Gasteiger partial charge in [0.15, 0.2) is 0 Å². The summed E-state index contributed by atoms with van der Waals surface area (Å²) in [6.45, 7) is 0.0438. The fraction of sp³-hybridized carbons (Fsp3) is 0.211. The van der Waals surface area contributed by atoms with Gasteiger partial charge in [0.05, 0.1) is 19.3 Å². The molecule has 140 valence electrons. The molecule has 1 heterocycles. The van der Waals surface area contributed by atoms with Crippen molar-refractivity contribution in [1.82, 2.24) is 9.36 Å². The van der Waals surface area contributed by atoms with Crippen LogP contribution >= 0.6 is 11.5 Å². The molecule has 1 amide bonds. The number of carbonyl (C=O) groups excluding carboxylic acids is 1. The van der Waals surface area contributed by atoms with Crippen molar-refractivity contribution in [3.63, 3.8) is 0 Å². The smallest absolute Gasteiger partial charge is 0.244 e. The number of hydrogen-bond acceptors (Lipinski definition) is 6. The Hall–Kier alpha value is -3.00. The number of nitrogens with one attached hydrogen (secondary N) is 1. The summed E-state index contributed by atoms with van der Waals surface area (Å²) in [7, 11) is 3.37. The van der Waals surface area contributed by atoms with E-state index in [0.29, 0.717) is 17.4 Å². The molecular weight excluding hydrogens is 367 g/mol. The summed E-state index contributed by atoms with van der Waals surface area (Å²) in [6, 6.07) is 13.8. The molecule has 0 saturated heterocycles. The van der Waals surface area contributed by atoms with E-state index >= 15 is 0 Å². The van der Waals surface area contributed by atoms with Crippen LogP contribution in [0.2, 0.25) is 0 Å². The van der Waals surface area contributed by atoms with Gasteiger partial charge in [-0.05, 0) is 29.8 Å². The number of halogens is 1.